The SMILES string of the molecule is CCN(c1cccc(NC(=O)c2ccccc2)c1F)C(C)c1ncn[nH]1. The molecule has 0 aliphatic heterocycles. The van der Waals surface area contributed by atoms with Gasteiger partial charge in [0, 0.05) is 12.1 Å². The topological polar surface area (TPSA) is 73.9 Å². The molecular formula is C19H20FN5O. The molecule has 1 heterocycles. The molecule has 134 valence electrons. The Morgan fingerprint density at radius 2 is 2.00 bits per heavy atom. The number of rotatable bonds is 6. The number of nitrogens with zero attached hydrogens (tertiary/aromatic N) is 3. The molecule has 2 N–H and O–H groups in total. The lowest BCUT2D eigenvalue weighted by atomic mass is 10.1. The summed E-state index contributed by atoms with van der Waals surface area (Å²) in [6, 6.07) is 13.5. The second kappa shape index (κ2) is 7.77. The largest absolute Gasteiger partial charge is 0.359 e. The van der Waals surface area contributed by atoms with Crippen LogP contribution in [-0.4, -0.2) is 27.6 Å². The summed E-state index contributed by atoms with van der Waals surface area (Å²) in [4.78, 5) is 18.3. The van der Waals surface area contributed by atoms with E-state index in [0.717, 1.165) is 0 Å². The predicted octanol–water partition coefficient (Wildman–Crippen LogP) is 3.78. The zero-order valence-electron chi connectivity index (χ0n) is 14.6. The molecule has 2 aromatic carbocycles. The summed E-state index contributed by atoms with van der Waals surface area (Å²) in [6.45, 7) is 4.41. The summed E-state index contributed by atoms with van der Waals surface area (Å²) in [6.07, 6.45) is 1.42. The van der Waals surface area contributed by atoms with E-state index >= 15 is 4.39 Å². The molecule has 0 fully saturated rings. The number of amides is 1. The fourth-order valence-electron chi connectivity index (χ4n) is 2.84. The zero-order valence-corrected chi connectivity index (χ0v) is 14.6. The van der Waals surface area contributed by atoms with Gasteiger partial charge in [0.2, 0.25) is 0 Å². The Kier molecular flexibility index (Phi) is 5.26. The summed E-state index contributed by atoms with van der Waals surface area (Å²) in [7, 11) is 0. The van der Waals surface area contributed by atoms with Crippen LogP contribution < -0.4 is 10.2 Å². The minimum Gasteiger partial charge on any atom is -0.359 e. The Balaban J connectivity index is 1.87. The molecule has 1 amide bonds. The van der Waals surface area contributed by atoms with E-state index in [4.69, 9.17) is 0 Å². The number of hydrogen-bond donors (Lipinski definition) is 2. The molecule has 0 radical (unpaired) electrons. The number of halogens is 1. The van der Waals surface area contributed by atoms with Crippen LogP contribution in [0.15, 0.2) is 54.9 Å². The van der Waals surface area contributed by atoms with Gasteiger partial charge in [0.25, 0.3) is 5.91 Å². The number of carbonyl (C=O) groups is 1. The molecule has 0 saturated heterocycles. The first-order chi connectivity index (χ1) is 12.6. The second-order valence-electron chi connectivity index (χ2n) is 5.79. The van der Waals surface area contributed by atoms with Gasteiger partial charge in [-0.05, 0) is 38.1 Å². The lowest BCUT2D eigenvalue weighted by Gasteiger charge is -2.29. The van der Waals surface area contributed by atoms with Gasteiger partial charge in [-0.1, -0.05) is 24.3 Å². The summed E-state index contributed by atoms with van der Waals surface area (Å²) < 4.78 is 15.1. The second-order valence-corrected chi connectivity index (χ2v) is 5.79. The lowest BCUT2D eigenvalue weighted by molar-refractivity contribution is 0.102. The zero-order chi connectivity index (χ0) is 18.5. The number of aromatic nitrogens is 3. The minimum absolute atomic E-state index is 0.138. The molecule has 1 aromatic heterocycles. The quantitative estimate of drug-likeness (QED) is 0.707. The summed E-state index contributed by atoms with van der Waals surface area (Å²) >= 11 is 0. The first-order valence-corrected chi connectivity index (χ1v) is 8.38. The first kappa shape index (κ1) is 17.6. The van der Waals surface area contributed by atoms with Crippen LogP contribution in [0.4, 0.5) is 15.8 Å². The maximum atomic E-state index is 15.1. The minimum atomic E-state index is -0.481. The molecule has 0 aliphatic rings. The van der Waals surface area contributed by atoms with Crippen LogP contribution in [0.2, 0.25) is 0 Å². The first-order valence-electron chi connectivity index (χ1n) is 8.38. The third-order valence-electron chi connectivity index (χ3n) is 4.21. The smallest absolute Gasteiger partial charge is 0.255 e. The number of benzene rings is 2. The van der Waals surface area contributed by atoms with Crippen molar-refractivity contribution in [1.82, 2.24) is 15.2 Å². The van der Waals surface area contributed by atoms with Crippen LogP contribution >= 0.6 is 0 Å². The third kappa shape index (κ3) is 3.56. The van der Waals surface area contributed by atoms with Crippen LogP contribution in [0.1, 0.15) is 36.1 Å². The van der Waals surface area contributed by atoms with Crippen LogP contribution in [0, 0.1) is 5.82 Å². The molecule has 0 bridgehead atoms. The van der Waals surface area contributed by atoms with Crippen LogP contribution in [0.25, 0.3) is 0 Å². The van der Waals surface area contributed by atoms with E-state index in [1.54, 1.807) is 42.5 Å². The summed E-state index contributed by atoms with van der Waals surface area (Å²) in [5, 5.41) is 9.31. The van der Waals surface area contributed by atoms with E-state index in [1.807, 2.05) is 24.8 Å². The van der Waals surface area contributed by atoms with E-state index < -0.39 is 5.82 Å². The number of anilines is 2. The van der Waals surface area contributed by atoms with Gasteiger partial charge in [-0.2, -0.15) is 5.10 Å². The average Bonchev–Trinajstić information content (AvgIpc) is 3.20. The fourth-order valence-corrected chi connectivity index (χ4v) is 2.84. The van der Waals surface area contributed by atoms with E-state index in [2.05, 4.69) is 20.5 Å². The maximum Gasteiger partial charge on any atom is 0.255 e. The average molecular weight is 353 g/mol. The van der Waals surface area contributed by atoms with Crippen molar-refractivity contribution in [2.24, 2.45) is 0 Å². The van der Waals surface area contributed by atoms with E-state index in [1.165, 1.54) is 6.33 Å². The molecule has 1 unspecified atom stereocenters. The Bertz CT molecular complexity index is 867. The van der Waals surface area contributed by atoms with E-state index in [-0.39, 0.29) is 17.6 Å². The number of hydrogen-bond acceptors (Lipinski definition) is 4. The number of H-pyrrole nitrogens is 1. The van der Waals surface area contributed by atoms with Gasteiger partial charge < -0.3 is 10.2 Å². The van der Waals surface area contributed by atoms with Gasteiger partial charge in [0.15, 0.2) is 5.82 Å². The third-order valence-corrected chi connectivity index (χ3v) is 4.21. The Morgan fingerprint density at radius 1 is 1.23 bits per heavy atom. The summed E-state index contributed by atoms with van der Waals surface area (Å²) in [5.74, 6) is -0.192. The molecular weight excluding hydrogens is 333 g/mol. The maximum absolute atomic E-state index is 15.1. The molecule has 3 aromatic rings. The summed E-state index contributed by atoms with van der Waals surface area (Å²) in [5.41, 5.74) is 1.00. The van der Waals surface area contributed by atoms with Crippen LogP contribution in [-0.2, 0) is 0 Å². The van der Waals surface area contributed by atoms with Gasteiger partial charge in [0.05, 0.1) is 17.4 Å². The van der Waals surface area contributed by atoms with Gasteiger partial charge in [-0.25, -0.2) is 9.37 Å². The molecule has 6 nitrogen and oxygen atoms in total. The Hall–Kier alpha value is -3.22. The van der Waals surface area contributed by atoms with E-state index in [9.17, 15) is 4.79 Å². The van der Waals surface area contributed by atoms with Gasteiger partial charge >= 0.3 is 0 Å². The van der Waals surface area contributed by atoms with Crippen molar-refractivity contribution in [2.75, 3.05) is 16.8 Å². The molecule has 1 atom stereocenters. The Morgan fingerprint density at radius 3 is 2.65 bits per heavy atom. The Labute approximate surface area is 151 Å². The predicted molar refractivity (Wildman–Crippen MR) is 98.6 cm³/mol. The van der Waals surface area contributed by atoms with E-state index in [0.29, 0.717) is 23.6 Å². The molecule has 7 heteroatoms. The lowest BCUT2D eigenvalue weighted by Crippen LogP contribution is -2.28. The van der Waals surface area contributed by atoms with Crippen molar-refractivity contribution in [1.29, 1.82) is 0 Å². The van der Waals surface area contributed by atoms with Crippen molar-refractivity contribution in [3.63, 3.8) is 0 Å². The highest BCUT2D eigenvalue weighted by molar-refractivity contribution is 6.04. The standard InChI is InChI=1S/C19H20FN5O/c1-3-25(13(2)18-21-12-22-24-18)16-11-7-10-15(17(16)20)23-19(26)14-8-5-4-6-9-14/h4-13H,3H2,1-2H3,(H,23,26)(H,21,22,24). The van der Waals surface area contributed by atoms with Crippen molar-refractivity contribution < 1.29 is 9.18 Å². The molecule has 0 aliphatic carbocycles. The molecule has 0 spiro atoms. The van der Waals surface area contributed by atoms with Crippen LogP contribution in [0.5, 0.6) is 0 Å². The van der Waals surface area contributed by atoms with Gasteiger partial charge in [-0.3, -0.25) is 9.89 Å². The highest BCUT2D eigenvalue weighted by Crippen LogP contribution is 2.31. The molecule has 0 saturated carbocycles. The fraction of sp³-hybridized carbons (Fsp3) is 0.211. The monoisotopic (exact) mass is 353 g/mol. The van der Waals surface area contributed by atoms with Crippen molar-refractivity contribution in [3.05, 3.63) is 72.1 Å². The highest BCUT2D eigenvalue weighted by atomic mass is 19.1. The van der Waals surface area contributed by atoms with Crippen molar-refractivity contribution >= 4 is 17.3 Å². The van der Waals surface area contributed by atoms with Crippen molar-refractivity contribution in [2.45, 2.75) is 19.9 Å². The normalized spacial score (nSPS) is 11.8. The number of carbonyl (C=O) groups excluding carboxylic acids is 1. The van der Waals surface area contributed by atoms with Gasteiger partial charge in [0.1, 0.15) is 12.2 Å². The highest BCUT2D eigenvalue weighted by Gasteiger charge is 2.22. The molecule has 26 heavy (non-hydrogen) atoms. The number of nitrogens with one attached hydrogen (secondary N) is 2. The van der Waals surface area contributed by atoms with Gasteiger partial charge in [-0.15, -0.1) is 0 Å². The van der Waals surface area contributed by atoms with Crippen molar-refractivity contribution in [3.8, 4) is 0 Å². The molecule has 3 rings (SSSR count). The van der Waals surface area contributed by atoms with Crippen LogP contribution in [0.3, 0.4) is 0 Å². The number of aromatic amines is 1.